The maximum atomic E-state index is 12.5. The highest BCUT2D eigenvalue weighted by molar-refractivity contribution is 7.98. The van der Waals surface area contributed by atoms with Gasteiger partial charge in [-0.1, -0.05) is 43.0 Å². The lowest BCUT2D eigenvalue weighted by atomic mass is 10.1. The van der Waals surface area contributed by atoms with E-state index in [9.17, 15) is 4.79 Å². The summed E-state index contributed by atoms with van der Waals surface area (Å²) in [6.45, 7) is 2.80. The van der Waals surface area contributed by atoms with E-state index in [2.05, 4.69) is 17.1 Å². The first kappa shape index (κ1) is 22.7. The molecule has 0 aliphatic rings. The van der Waals surface area contributed by atoms with Crippen molar-refractivity contribution in [1.29, 1.82) is 0 Å². The van der Waals surface area contributed by atoms with E-state index >= 15 is 0 Å². The third kappa shape index (κ3) is 4.96. The molecule has 0 atom stereocenters. The fourth-order valence-electron chi connectivity index (χ4n) is 3.51. The number of hydrogen-bond acceptors (Lipinski definition) is 6. The van der Waals surface area contributed by atoms with E-state index in [1.165, 1.54) is 0 Å². The molecule has 0 aliphatic carbocycles. The van der Waals surface area contributed by atoms with Gasteiger partial charge in [-0.25, -0.2) is 0 Å². The largest absolute Gasteiger partial charge is 0.495 e. The van der Waals surface area contributed by atoms with Gasteiger partial charge in [0, 0.05) is 24.9 Å². The number of hydrogen-bond donors (Lipinski definition) is 0. The molecular formula is C25H26N4O3S. The summed E-state index contributed by atoms with van der Waals surface area (Å²) in [7, 11) is 3.47. The molecule has 2 aromatic heterocycles. The monoisotopic (exact) mass is 462 g/mol. The van der Waals surface area contributed by atoms with E-state index in [1.54, 1.807) is 30.0 Å². The zero-order chi connectivity index (χ0) is 23.2. The van der Waals surface area contributed by atoms with Crippen molar-refractivity contribution >= 4 is 17.7 Å². The first-order chi connectivity index (χ1) is 16.1. The maximum Gasteiger partial charge on any atom is 0.253 e. The van der Waals surface area contributed by atoms with Crippen LogP contribution in [0.5, 0.6) is 5.75 Å². The molecule has 7 nitrogen and oxygen atoms in total. The normalized spacial score (nSPS) is 10.9. The van der Waals surface area contributed by atoms with E-state index in [1.807, 2.05) is 72.3 Å². The average molecular weight is 463 g/mol. The summed E-state index contributed by atoms with van der Waals surface area (Å²) in [6, 6.07) is 19.1. The van der Waals surface area contributed by atoms with Crippen molar-refractivity contribution in [2.75, 3.05) is 20.7 Å². The molecule has 0 N–H and O–H groups in total. The molecule has 0 aliphatic heterocycles. The third-order valence-electron chi connectivity index (χ3n) is 5.18. The Bertz CT molecular complexity index is 1200. The molecule has 4 aromatic rings. The smallest absolute Gasteiger partial charge is 0.253 e. The number of furan rings is 1. The van der Waals surface area contributed by atoms with Crippen molar-refractivity contribution in [3.05, 3.63) is 78.1 Å². The second-order valence-corrected chi connectivity index (χ2v) is 8.45. The van der Waals surface area contributed by atoms with Crippen LogP contribution in [0.4, 0.5) is 0 Å². The van der Waals surface area contributed by atoms with Crippen LogP contribution in [0.2, 0.25) is 0 Å². The minimum Gasteiger partial charge on any atom is -0.495 e. The van der Waals surface area contributed by atoms with Crippen LogP contribution >= 0.6 is 11.8 Å². The van der Waals surface area contributed by atoms with Gasteiger partial charge in [0.05, 0.1) is 19.1 Å². The van der Waals surface area contributed by atoms with E-state index in [0.29, 0.717) is 33.8 Å². The Morgan fingerprint density at radius 2 is 1.88 bits per heavy atom. The Balaban J connectivity index is 1.58. The lowest BCUT2D eigenvalue weighted by Gasteiger charge is -2.16. The van der Waals surface area contributed by atoms with Crippen LogP contribution in [0.25, 0.3) is 17.3 Å². The van der Waals surface area contributed by atoms with Crippen LogP contribution in [-0.2, 0) is 5.75 Å². The molecule has 2 aromatic carbocycles. The van der Waals surface area contributed by atoms with Crippen molar-refractivity contribution in [2.45, 2.75) is 24.3 Å². The molecule has 0 saturated heterocycles. The summed E-state index contributed by atoms with van der Waals surface area (Å²) in [6.07, 6.45) is 2.55. The minimum absolute atomic E-state index is 0.0371. The van der Waals surface area contributed by atoms with E-state index < -0.39 is 0 Å². The van der Waals surface area contributed by atoms with E-state index in [0.717, 1.165) is 24.2 Å². The summed E-state index contributed by atoms with van der Waals surface area (Å²) in [5.41, 5.74) is 2.61. The summed E-state index contributed by atoms with van der Waals surface area (Å²) in [5, 5.41) is 9.53. The summed E-state index contributed by atoms with van der Waals surface area (Å²) < 4.78 is 13.1. The number of nitrogens with zero attached hydrogens (tertiary/aromatic N) is 4. The van der Waals surface area contributed by atoms with Crippen LogP contribution < -0.4 is 4.74 Å². The molecule has 33 heavy (non-hydrogen) atoms. The van der Waals surface area contributed by atoms with Gasteiger partial charge in [-0.2, -0.15) is 0 Å². The molecule has 0 saturated carbocycles. The molecule has 8 heteroatoms. The van der Waals surface area contributed by atoms with Crippen molar-refractivity contribution < 1.29 is 13.9 Å². The van der Waals surface area contributed by atoms with Crippen LogP contribution in [0, 0.1) is 0 Å². The molecule has 0 bridgehead atoms. The first-order valence-electron chi connectivity index (χ1n) is 10.7. The highest BCUT2D eigenvalue weighted by Crippen LogP contribution is 2.33. The van der Waals surface area contributed by atoms with Crippen LogP contribution in [0.3, 0.4) is 0 Å². The predicted octanol–water partition coefficient (Wildman–Crippen LogP) is 5.31. The number of methoxy groups -OCH3 is 1. The van der Waals surface area contributed by atoms with Gasteiger partial charge in [0.1, 0.15) is 5.75 Å². The zero-order valence-corrected chi connectivity index (χ0v) is 19.7. The third-order valence-corrected chi connectivity index (χ3v) is 6.18. The van der Waals surface area contributed by atoms with Gasteiger partial charge in [0.15, 0.2) is 10.9 Å². The molecule has 0 unspecified atom stereocenters. The number of carbonyl (C=O) groups is 1. The minimum atomic E-state index is 0.0371. The Kier molecular flexibility index (Phi) is 7.14. The number of thioether (sulfide) groups is 1. The van der Waals surface area contributed by atoms with Crippen molar-refractivity contribution in [3.63, 3.8) is 0 Å². The quantitative estimate of drug-likeness (QED) is 0.314. The van der Waals surface area contributed by atoms with Crippen molar-refractivity contribution in [2.24, 2.45) is 0 Å². The van der Waals surface area contributed by atoms with Gasteiger partial charge in [-0.15, -0.1) is 10.2 Å². The van der Waals surface area contributed by atoms with Crippen LogP contribution in [-0.4, -0.2) is 46.3 Å². The standard InChI is InChI=1S/C25H26N4O3S/c1-4-15-28(2)24(30)19-13-11-18(12-14-19)17-33-25-27-26-23(22-10-7-16-32-22)29(25)20-8-5-6-9-21(20)31-3/h5-14,16H,4,15,17H2,1-3H3. The Hall–Kier alpha value is -3.52. The average Bonchev–Trinajstić information content (AvgIpc) is 3.52. The highest BCUT2D eigenvalue weighted by Gasteiger charge is 2.20. The number of amides is 1. The highest BCUT2D eigenvalue weighted by atomic mass is 32.2. The number of carbonyl (C=O) groups excluding carboxylic acids is 1. The number of ether oxygens (including phenoxy) is 1. The maximum absolute atomic E-state index is 12.5. The van der Waals surface area contributed by atoms with Gasteiger partial charge in [0.25, 0.3) is 5.91 Å². The Labute approximate surface area is 197 Å². The van der Waals surface area contributed by atoms with Crippen LogP contribution in [0.15, 0.2) is 76.5 Å². The summed E-state index contributed by atoms with van der Waals surface area (Å²) >= 11 is 1.56. The molecule has 1 amide bonds. The molecule has 0 fully saturated rings. The summed E-state index contributed by atoms with van der Waals surface area (Å²) in [5.74, 6) is 2.65. The van der Waals surface area contributed by atoms with E-state index in [4.69, 9.17) is 9.15 Å². The predicted molar refractivity (Wildman–Crippen MR) is 129 cm³/mol. The van der Waals surface area contributed by atoms with Crippen LogP contribution in [0.1, 0.15) is 29.3 Å². The van der Waals surface area contributed by atoms with Crippen molar-refractivity contribution in [3.8, 4) is 23.0 Å². The molecule has 0 spiro atoms. The summed E-state index contributed by atoms with van der Waals surface area (Å²) in [4.78, 5) is 14.2. The SMILES string of the molecule is CCCN(C)C(=O)c1ccc(CSc2nnc(-c3ccco3)n2-c2ccccc2OC)cc1. The Morgan fingerprint density at radius 3 is 2.58 bits per heavy atom. The lowest BCUT2D eigenvalue weighted by Crippen LogP contribution is -2.27. The fourth-order valence-corrected chi connectivity index (χ4v) is 4.41. The van der Waals surface area contributed by atoms with Gasteiger partial charge in [0.2, 0.25) is 5.82 Å². The van der Waals surface area contributed by atoms with Gasteiger partial charge < -0.3 is 14.1 Å². The molecule has 170 valence electrons. The molecule has 2 heterocycles. The number of aromatic nitrogens is 3. The van der Waals surface area contributed by atoms with Gasteiger partial charge in [-0.05, 0) is 48.4 Å². The number of benzene rings is 2. The zero-order valence-electron chi connectivity index (χ0n) is 18.9. The van der Waals surface area contributed by atoms with Crippen molar-refractivity contribution in [1.82, 2.24) is 19.7 Å². The second kappa shape index (κ2) is 10.4. The molecular weight excluding hydrogens is 436 g/mol. The number of rotatable bonds is 9. The molecule has 4 rings (SSSR count). The van der Waals surface area contributed by atoms with E-state index in [-0.39, 0.29) is 5.91 Å². The lowest BCUT2D eigenvalue weighted by molar-refractivity contribution is 0.0795. The topological polar surface area (TPSA) is 73.4 Å². The van der Waals surface area contributed by atoms with Gasteiger partial charge >= 0.3 is 0 Å². The first-order valence-corrected chi connectivity index (χ1v) is 11.7. The Morgan fingerprint density at radius 1 is 1.09 bits per heavy atom. The van der Waals surface area contributed by atoms with Gasteiger partial charge in [-0.3, -0.25) is 9.36 Å². The second-order valence-electron chi connectivity index (χ2n) is 7.50. The number of para-hydroxylation sites is 2. The fraction of sp³-hybridized carbons (Fsp3) is 0.240. The molecule has 0 radical (unpaired) electrons.